The van der Waals surface area contributed by atoms with Crippen LogP contribution in [0.1, 0.15) is 36.7 Å². The van der Waals surface area contributed by atoms with Crippen molar-refractivity contribution in [1.29, 1.82) is 0 Å². The van der Waals surface area contributed by atoms with Crippen LogP contribution in [0.15, 0.2) is 35.9 Å². The number of carbonyl (C=O) groups is 3. The average Bonchev–Trinajstić information content (AvgIpc) is 2.50. The molecule has 0 aliphatic rings. The van der Waals surface area contributed by atoms with Crippen molar-refractivity contribution >= 4 is 17.7 Å². The van der Waals surface area contributed by atoms with Crippen LogP contribution in [-0.2, 0) is 24.5 Å². The average molecular weight is 304 g/mol. The molecule has 22 heavy (non-hydrogen) atoms. The van der Waals surface area contributed by atoms with E-state index in [1.54, 1.807) is 12.1 Å². The number of methoxy groups -OCH3 is 2. The standard InChI is InChI=1S/C17H20O5/c1-17(2,3)12-8-6-11(7-9-12)14(18)10-13(15(19)21-4)16(20)22-5/h6-10H,1-5H3. The molecule has 5 heteroatoms. The van der Waals surface area contributed by atoms with Crippen LogP contribution in [0.25, 0.3) is 0 Å². The quantitative estimate of drug-likeness (QED) is 0.281. The molecule has 0 spiro atoms. The van der Waals surface area contributed by atoms with E-state index in [1.807, 2.05) is 12.1 Å². The largest absolute Gasteiger partial charge is 0.465 e. The molecule has 0 amide bonds. The lowest BCUT2D eigenvalue weighted by Gasteiger charge is -2.18. The van der Waals surface area contributed by atoms with Crippen LogP contribution in [0.4, 0.5) is 0 Å². The number of esters is 2. The van der Waals surface area contributed by atoms with Gasteiger partial charge in [-0.3, -0.25) is 4.79 Å². The Balaban J connectivity index is 3.11. The van der Waals surface area contributed by atoms with Gasteiger partial charge in [-0.05, 0) is 11.0 Å². The Kier molecular flexibility index (Phi) is 5.63. The van der Waals surface area contributed by atoms with Gasteiger partial charge in [0, 0.05) is 11.6 Å². The predicted molar refractivity (Wildman–Crippen MR) is 81.6 cm³/mol. The van der Waals surface area contributed by atoms with E-state index in [9.17, 15) is 14.4 Å². The molecule has 1 rings (SSSR count). The fraction of sp³-hybridized carbons (Fsp3) is 0.353. The first-order valence-corrected chi connectivity index (χ1v) is 6.74. The Labute approximate surface area is 129 Å². The molecule has 0 bridgehead atoms. The van der Waals surface area contributed by atoms with E-state index in [-0.39, 0.29) is 5.41 Å². The fourth-order valence-electron chi connectivity index (χ4n) is 1.77. The second-order valence-corrected chi connectivity index (χ2v) is 5.73. The summed E-state index contributed by atoms with van der Waals surface area (Å²) in [6.07, 6.45) is 0.934. The smallest absolute Gasteiger partial charge is 0.345 e. The third kappa shape index (κ3) is 4.28. The summed E-state index contributed by atoms with van der Waals surface area (Å²) in [5, 5.41) is 0. The summed E-state index contributed by atoms with van der Waals surface area (Å²) < 4.78 is 8.95. The Morgan fingerprint density at radius 1 is 0.909 bits per heavy atom. The molecule has 0 radical (unpaired) electrons. The molecule has 0 saturated heterocycles. The number of hydrogen-bond acceptors (Lipinski definition) is 5. The van der Waals surface area contributed by atoms with Crippen LogP contribution in [0, 0.1) is 0 Å². The molecule has 118 valence electrons. The van der Waals surface area contributed by atoms with E-state index >= 15 is 0 Å². The number of hydrogen-bond donors (Lipinski definition) is 0. The van der Waals surface area contributed by atoms with Gasteiger partial charge in [-0.15, -0.1) is 0 Å². The lowest BCUT2D eigenvalue weighted by molar-refractivity contribution is -0.144. The first-order chi connectivity index (χ1) is 10.2. The van der Waals surface area contributed by atoms with E-state index in [0.29, 0.717) is 5.56 Å². The third-order valence-corrected chi connectivity index (χ3v) is 3.12. The lowest BCUT2D eigenvalue weighted by atomic mass is 9.86. The van der Waals surface area contributed by atoms with E-state index in [4.69, 9.17) is 0 Å². The molecule has 0 aromatic heterocycles. The number of benzene rings is 1. The predicted octanol–water partition coefficient (Wildman–Crippen LogP) is 2.44. The van der Waals surface area contributed by atoms with E-state index < -0.39 is 23.3 Å². The van der Waals surface area contributed by atoms with Crippen LogP contribution in [0.3, 0.4) is 0 Å². The van der Waals surface area contributed by atoms with Crippen LogP contribution < -0.4 is 0 Å². The molecule has 1 aromatic rings. The Morgan fingerprint density at radius 3 is 1.73 bits per heavy atom. The minimum atomic E-state index is -0.911. The molecule has 0 N–H and O–H groups in total. The maximum absolute atomic E-state index is 12.2. The summed E-state index contributed by atoms with van der Waals surface area (Å²) in [5.41, 5.74) is 0.989. The van der Waals surface area contributed by atoms with Crippen molar-refractivity contribution in [2.75, 3.05) is 14.2 Å². The number of ketones is 1. The summed E-state index contributed by atoms with van der Waals surface area (Å²) >= 11 is 0. The van der Waals surface area contributed by atoms with Crippen molar-refractivity contribution < 1.29 is 23.9 Å². The van der Waals surface area contributed by atoms with Crippen molar-refractivity contribution in [2.24, 2.45) is 0 Å². The molecule has 0 aliphatic heterocycles. The molecule has 0 unspecified atom stereocenters. The zero-order valence-electron chi connectivity index (χ0n) is 13.4. The van der Waals surface area contributed by atoms with E-state index in [0.717, 1.165) is 25.9 Å². The van der Waals surface area contributed by atoms with Crippen molar-refractivity contribution in [3.05, 3.63) is 47.0 Å². The summed E-state index contributed by atoms with van der Waals surface area (Å²) in [6, 6.07) is 7.01. The minimum absolute atomic E-state index is 0.0272. The normalized spacial score (nSPS) is 10.6. The Bertz CT molecular complexity index is 585. The molecule has 0 atom stereocenters. The van der Waals surface area contributed by atoms with Gasteiger partial charge in [-0.1, -0.05) is 45.0 Å². The molecule has 0 aliphatic carbocycles. The van der Waals surface area contributed by atoms with Gasteiger partial charge in [-0.2, -0.15) is 0 Å². The van der Waals surface area contributed by atoms with E-state index in [2.05, 4.69) is 30.2 Å². The SMILES string of the molecule is COC(=O)C(=CC(=O)c1ccc(C(C)(C)C)cc1)C(=O)OC. The Morgan fingerprint density at radius 2 is 1.36 bits per heavy atom. The third-order valence-electron chi connectivity index (χ3n) is 3.12. The highest BCUT2D eigenvalue weighted by molar-refractivity contribution is 6.20. The summed E-state index contributed by atoms with van der Waals surface area (Å²) in [7, 11) is 2.25. The van der Waals surface area contributed by atoms with Gasteiger partial charge in [-0.25, -0.2) is 9.59 Å². The molecular formula is C17H20O5. The monoisotopic (exact) mass is 304 g/mol. The zero-order valence-corrected chi connectivity index (χ0v) is 13.4. The minimum Gasteiger partial charge on any atom is -0.465 e. The molecule has 0 saturated carbocycles. The second-order valence-electron chi connectivity index (χ2n) is 5.73. The molecular weight excluding hydrogens is 284 g/mol. The highest BCUT2D eigenvalue weighted by Crippen LogP contribution is 2.22. The van der Waals surface area contributed by atoms with Gasteiger partial charge in [0.05, 0.1) is 14.2 Å². The number of allylic oxidation sites excluding steroid dienone is 1. The highest BCUT2D eigenvalue weighted by Gasteiger charge is 2.22. The van der Waals surface area contributed by atoms with Crippen LogP contribution >= 0.6 is 0 Å². The van der Waals surface area contributed by atoms with E-state index in [1.165, 1.54) is 0 Å². The van der Waals surface area contributed by atoms with Gasteiger partial charge in [0.15, 0.2) is 5.78 Å². The molecule has 1 aromatic carbocycles. The van der Waals surface area contributed by atoms with Gasteiger partial charge >= 0.3 is 11.9 Å². The number of carbonyl (C=O) groups excluding carboxylic acids is 3. The topological polar surface area (TPSA) is 69.7 Å². The lowest BCUT2D eigenvalue weighted by Crippen LogP contribution is -2.17. The van der Waals surface area contributed by atoms with Crippen molar-refractivity contribution in [3.8, 4) is 0 Å². The van der Waals surface area contributed by atoms with Crippen LogP contribution in [0.5, 0.6) is 0 Å². The van der Waals surface area contributed by atoms with Gasteiger partial charge in [0.2, 0.25) is 0 Å². The van der Waals surface area contributed by atoms with Crippen molar-refractivity contribution in [1.82, 2.24) is 0 Å². The summed E-state index contributed by atoms with van der Waals surface area (Å²) in [5.74, 6) is -2.29. The first kappa shape index (κ1) is 17.6. The highest BCUT2D eigenvalue weighted by atomic mass is 16.5. The fourth-order valence-corrected chi connectivity index (χ4v) is 1.77. The molecule has 5 nitrogen and oxygen atoms in total. The Hall–Kier alpha value is -2.43. The number of ether oxygens (including phenoxy) is 2. The maximum Gasteiger partial charge on any atom is 0.345 e. The molecule has 0 fully saturated rings. The van der Waals surface area contributed by atoms with Crippen molar-refractivity contribution in [3.63, 3.8) is 0 Å². The van der Waals surface area contributed by atoms with Crippen LogP contribution in [-0.4, -0.2) is 31.9 Å². The van der Waals surface area contributed by atoms with Crippen molar-refractivity contribution in [2.45, 2.75) is 26.2 Å². The van der Waals surface area contributed by atoms with Gasteiger partial charge in [0.25, 0.3) is 0 Å². The van der Waals surface area contributed by atoms with Gasteiger partial charge in [0.1, 0.15) is 5.57 Å². The maximum atomic E-state index is 12.2. The summed E-state index contributed by atoms with van der Waals surface area (Å²) in [4.78, 5) is 35.2. The summed E-state index contributed by atoms with van der Waals surface area (Å²) in [6.45, 7) is 6.20. The second kappa shape index (κ2) is 7.02. The number of rotatable bonds is 4. The first-order valence-electron chi connectivity index (χ1n) is 6.74. The van der Waals surface area contributed by atoms with Gasteiger partial charge < -0.3 is 9.47 Å². The van der Waals surface area contributed by atoms with Crippen LogP contribution in [0.2, 0.25) is 0 Å². The zero-order chi connectivity index (χ0) is 16.9. The molecule has 0 heterocycles.